The van der Waals surface area contributed by atoms with Crippen LogP contribution in [0.2, 0.25) is 0 Å². The minimum Gasteiger partial charge on any atom is -0.390 e. The number of likely N-dealkylation sites (N-methyl/N-ethyl adjacent to an activating group) is 1. The van der Waals surface area contributed by atoms with Gasteiger partial charge >= 0.3 is 0 Å². The average Bonchev–Trinajstić information content (AvgIpc) is 2.55. The van der Waals surface area contributed by atoms with E-state index in [2.05, 4.69) is 10.7 Å². The largest absolute Gasteiger partial charge is 0.390 e. The number of hydrazine groups is 1. The van der Waals surface area contributed by atoms with Crippen LogP contribution in [0.4, 0.5) is 0 Å². The third kappa shape index (κ3) is 7.03. The molecule has 0 aliphatic heterocycles. The Hall–Kier alpha value is -1.47. The monoisotopic (exact) mass is 364 g/mol. The number of hydrogen-bond acceptors (Lipinski definition) is 5. The number of carbonyl (C=O) groups excluding carboxylic acids is 1. The Morgan fingerprint density at radius 1 is 1.27 bits per heavy atom. The molecule has 1 amide bonds. The van der Waals surface area contributed by atoms with Gasteiger partial charge in [-0.3, -0.25) is 10.2 Å². The first-order chi connectivity index (χ1) is 12.1. The lowest BCUT2D eigenvalue weighted by atomic mass is 9.86. The van der Waals surface area contributed by atoms with Gasteiger partial charge in [-0.1, -0.05) is 57.5 Å². The van der Waals surface area contributed by atoms with E-state index < -0.39 is 6.10 Å². The van der Waals surface area contributed by atoms with Gasteiger partial charge in [-0.25, -0.2) is 5.01 Å². The first-order valence-corrected chi connectivity index (χ1v) is 9.30. The number of nitrogens with two attached hydrogens (primary N) is 1. The van der Waals surface area contributed by atoms with Gasteiger partial charge in [0.25, 0.3) is 5.91 Å². The Balaban J connectivity index is 2.91. The molecule has 1 rings (SSSR count). The summed E-state index contributed by atoms with van der Waals surface area (Å²) in [7, 11) is 1.78. The van der Waals surface area contributed by atoms with E-state index >= 15 is 0 Å². The number of aryl methyl sites for hydroxylation is 1. The SMILES string of the molecule is CCC(N)[C@@H](O)CN(Cc1ccc(C)cc1)NC(=O)C(NC)C(C)(C)C. The normalized spacial score (nSPS) is 15.6. The second kappa shape index (κ2) is 10.0. The standard InChI is InChI=1S/C20H36N4O2/c1-7-16(21)17(25)13-24(12-15-10-8-14(2)9-11-15)23-19(26)18(22-6)20(3,4)5/h8-11,16-18,22,25H,7,12-13,21H2,1-6H3,(H,23,26)/t16?,17-,18?/m0/s1. The van der Waals surface area contributed by atoms with Crippen molar-refractivity contribution in [3.8, 4) is 0 Å². The number of benzene rings is 1. The maximum Gasteiger partial charge on any atom is 0.251 e. The Kier molecular flexibility index (Phi) is 8.70. The molecule has 26 heavy (non-hydrogen) atoms. The van der Waals surface area contributed by atoms with Crippen LogP contribution in [0.3, 0.4) is 0 Å². The fraction of sp³-hybridized carbons (Fsp3) is 0.650. The lowest BCUT2D eigenvalue weighted by Crippen LogP contribution is -2.57. The second-order valence-corrected chi connectivity index (χ2v) is 8.07. The molecule has 0 aliphatic carbocycles. The summed E-state index contributed by atoms with van der Waals surface area (Å²) in [4.78, 5) is 12.8. The predicted octanol–water partition coefficient (Wildman–Crippen LogP) is 1.56. The molecule has 0 aromatic heterocycles. The van der Waals surface area contributed by atoms with E-state index in [1.165, 1.54) is 5.56 Å². The lowest BCUT2D eigenvalue weighted by Gasteiger charge is -2.33. The molecule has 0 spiro atoms. The topological polar surface area (TPSA) is 90.6 Å². The number of aliphatic hydroxyl groups excluding tert-OH is 1. The highest BCUT2D eigenvalue weighted by atomic mass is 16.3. The van der Waals surface area contributed by atoms with Crippen molar-refractivity contribution in [3.63, 3.8) is 0 Å². The zero-order valence-corrected chi connectivity index (χ0v) is 17.0. The van der Waals surface area contributed by atoms with Gasteiger partial charge in [0, 0.05) is 19.1 Å². The third-order valence-electron chi connectivity index (χ3n) is 4.55. The van der Waals surface area contributed by atoms with Gasteiger partial charge in [0.05, 0.1) is 12.1 Å². The molecule has 3 atom stereocenters. The smallest absolute Gasteiger partial charge is 0.251 e. The van der Waals surface area contributed by atoms with Crippen LogP contribution < -0.4 is 16.5 Å². The molecular weight excluding hydrogens is 328 g/mol. The fourth-order valence-electron chi connectivity index (χ4n) is 2.87. The van der Waals surface area contributed by atoms with E-state index in [0.29, 0.717) is 13.0 Å². The Morgan fingerprint density at radius 3 is 2.31 bits per heavy atom. The zero-order chi connectivity index (χ0) is 19.9. The molecule has 6 nitrogen and oxygen atoms in total. The van der Waals surface area contributed by atoms with Gasteiger partial charge in [0.1, 0.15) is 0 Å². The van der Waals surface area contributed by atoms with E-state index in [1.807, 2.05) is 58.9 Å². The average molecular weight is 365 g/mol. The minimum absolute atomic E-state index is 0.121. The summed E-state index contributed by atoms with van der Waals surface area (Å²) in [5.41, 5.74) is 10.9. The van der Waals surface area contributed by atoms with E-state index in [1.54, 1.807) is 12.1 Å². The number of carbonyl (C=O) groups is 1. The van der Waals surface area contributed by atoms with Crippen LogP contribution in [-0.4, -0.2) is 47.8 Å². The van der Waals surface area contributed by atoms with E-state index in [-0.39, 0.29) is 30.0 Å². The van der Waals surface area contributed by atoms with E-state index in [9.17, 15) is 9.90 Å². The fourth-order valence-corrected chi connectivity index (χ4v) is 2.87. The molecular formula is C20H36N4O2. The highest BCUT2D eigenvalue weighted by molar-refractivity contribution is 5.82. The molecule has 5 N–H and O–H groups in total. The molecule has 6 heteroatoms. The quantitative estimate of drug-likeness (QED) is 0.499. The Bertz CT molecular complexity index is 554. The highest BCUT2D eigenvalue weighted by Gasteiger charge is 2.31. The maximum atomic E-state index is 12.8. The van der Waals surface area contributed by atoms with E-state index in [0.717, 1.165) is 5.56 Å². The number of nitrogens with zero attached hydrogens (tertiary/aromatic N) is 1. The lowest BCUT2D eigenvalue weighted by molar-refractivity contribution is -0.131. The molecule has 148 valence electrons. The Labute approximate surface area is 158 Å². The zero-order valence-electron chi connectivity index (χ0n) is 17.0. The van der Waals surface area contributed by atoms with Gasteiger partial charge in [-0.05, 0) is 31.4 Å². The first-order valence-electron chi connectivity index (χ1n) is 9.30. The molecule has 0 aliphatic rings. The summed E-state index contributed by atoms with van der Waals surface area (Å²) in [6.07, 6.45) is -0.0392. The van der Waals surface area contributed by atoms with Crippen molar-refractivity contribution in [2.75, 3.05) is 13.6 Å². The van der Waals surface area contributed by atoms with Crippen LogP contribution in [0, 0.1) is 12.3 Å². The Morgan fingerprint density at radius 2 is 1.85 bits per heavy atom. The van der Waals surface area contributed by atoms with Crippen LogP contribution >= 0.6 is 0 Å². The van der Waals surface area contributed by atoms with Crippen LogP contribution in [0.25, 0.3) is 0 Å². The molecule has 0 saturated heterocycles. The van der Waals surface area contributed by atoms with Crippen molar-refractivity contribution >= 4 is 5.91 Å². The molecule has 0 heterocycles. The number of hydrogen-bond donors (Lipinski definition) is 4. The molecule has 1 aromatic carbocycles. The summed E-state index contributed by atoms with van der Waals surface area (Å²) in [6, 6.07) is 7.46. The highest BCUT2D eigenvalue weighted by Crippen LogP contribution is 2.19. The second-order valence-electron chi connectivity index (χ2n) is 8.07. The summed E-state index contributed by atoms with van der Waals surface area (Å²) in [5, 5.41) is 15.2. The van der Waals surface area contributed by atoms with Crippen LogP contribution in [-0.2, 0) is 11.3 Å². The number of rotatable bonds is 9. The van der Waals surface area contributed by atoms with Gasteiger partial charge in [0.15, 0.2) is 0 Å². The van der Waals surface area contributed by atoms with Crippen molar-refractivity contribution in [1.82, 2.24) is 15.8 Å². The summed E-state index contributed by atoms with van der Waals surface area (Å²) < 4.78 is 0. The number of amides is 1. The number of aliphatic hydroxyl groups is 1. The number of nitrogens with one attached hydrogen (secondary N) is 2. The summed E-state index contributed by atoms with van der Waals surface area (Å²) in [5.74, 6) is -0.121. The molecule has 0 radical (unpaired) electrons. The van der Waals surface area contributed by atoms with Crippen molar-refractivity contribution in [2.45, 2.75) is 65.8 Å². The van der Waals surface area contributed by atoms with Crippen LogP contribution in [0.15, 0.2) is 24.3 Å². The third-order valence-corrected chi connectivity index (χ3v) is 4.55. The molecule has 0 saturated carbocycles. The van der Waals surface area contributed by atoms with Crippen molar-refractivity contribution in [1.29, 1.82) is 0 Å². The van der Waals surface area contributed by atoms with Crippen LogP contribution in [0.1, 0.15) is 45.2 Å². The minimum atomic E-state index is -0.714. The molecule has 1 aromatic rings. The first kappa shape index (κ1) is 22.6. The molecule has 0 bridgehead atoms. The summed E-state index contributed by atoms with van der Waals surface area (Å²) >= 11 is 0. The predicted molar refractivity (Wildman–Crippen MR) is 106 cm³/mol. The van der Waals surface area contributed by atoms with Gasteiger partial charge in [0.2, 0.25) is 0 Å². The van der Waals surface area contributed by atoms with Crippen LogP contribution in [0.5, 0.6) is 0 Å². The molecule has 0 fully saturated rings. The van der Waals surface area contributed by atoms with Gasteiger partial charge in [-0.15, -0.1) is 0 Å². The van der Waals surface area contributed by atoms with Crippen molar-refractivity contribution in [3.05, 3.63) is 35.4 Å². The van der Waals surface area contributed by atoms with Gasteiger partial charge < -0.3 is 16.2 Å². The van der Waals surface area contributed by atoms with Crippen molar-refractivity contribution < 1.29 is 9.90 Å². The van der Waals surface area contributed by atoms with Crippen molar-refractivity contribution in [2.24, 2.45) is 11.1 Å². The maximum absolute atomic E-state index is 12.8. The molecule has 2 unspecified atom stereocenters. The van der Waals surface area contributed by atoms with E-state index in [4.69, 9.17) is 5.73 Å². The summed E-state index contributed by atoms with van der Waals surface area (Å²) in [6.45, 7) is 10.8. The van der Waals surface area contributed by atoms with Gasteiger partial charge in [-0.2, -0.15) is 0 Å².